The van der Waals surface area contributed by atoms with Gasteiger partial charge in [0.1, 0.15) is 11.2 Å². The number of anilines is 2. The zero-order valence-electron chi connectivity index (χ0n) is 31.2. The highest BCUT2D eigenvalue weighted by atomic mass is 16.6. The summed E-state index contributed by atoms with van der Waals surface area (Å²) >= 11 is 0. The third-order valence-corrected chi connectivity index (χ3v) is 10.5. The molecule has 8 rings (SSSR count). The number of rotatable bonds is 2. The minimum Gasteiger partial charge on any atom is -0.444 e. The highest BCUT2D eigenvalue weighted by Crippen LogP contribution is 2.52. The molecule has 6 atom stereocenters. The van der Waals surface area contributed by atoms with E-state index >= 15 is 0 Å². The average molecular weight is 717 g/mol. The van der Waals surface area contributed by atoms with Gasteiger partial charge in [-0.25, -0.2) is 9.59 Å². The summed E-state index contributed by atoms with van der Waals surface area (Å²) in [5, 5.41) is 7.43. The topological polar surface area (TPSA) is 83.1 Å². The number of carbonyl (C=O) groups is 2. The molecule has 53 heavy (non-hydrogen) atoms. The van der Waals surface area contributed by atoms with Gasteiger partial charge in [0.2, 0.25) is 0 Å². The lowest BCUT2D eigenvalue weighted by molar-refractivity contribution is 0.0188. The highest BCUT2D eigenvalue weighted by Gasteiger charge is 2.48. The Hall–Kier alpha value is -4.98. The molecule has 4 aliphatic heterocycles. The fraction of sp³-hybridized carbons (Fsp3) is 0.422. The van der Waals surface area contributed by atoms with E-state index in [1.165, 1.54) is 22.3 Å². The second-order valence-electron chi connectivity index (χ2n) is 16.4. The number of fused-ring (bicyclic) bond motifs is 6. The lowest BCUT2D eigenvalue weighted by Crippen LogP contribution is -2.40. The molecule has 2 fully saturated rings. The van der Waals surface area contributed by atoms with Crippen LogP contribution in [0.25, 0.3) is 0 Å². The molecule has 0 radical (unpaired) electrons. The molecule has 2 saturated heterocycles. The minimum atomic E-state index is -0.486. The molecule has 280 valence electrons. The van der Waals surface area contributed by atoms with Crippen molar-refractivity contribution in [3.63, 3.8) is 0 Å². The molecule has 0 unspecified atom stereocenters. The van der Waals surface area contributed by atoms with Gasteiger partial charge in [-0.3, -0.25) is 0 Å². The fourth-order valence-corrected chi connectivity index (χ4v) is 8.48. The lowest BCUT2D eigenvalue weighted by atomic mass is 9.80. The fourth-order valence-electron chi connectivity index (χ4n) is 8.48. The summed E-state index contributed by atoms with van der Waals surface area (Å²) in [7, 11) is 0. The Morgan fingerprint density at radius 1 is 0.547 bits per heavy atom. The molecule has 4 aliphatic rings. The van der Waals surface area contributed by atoms with Crippen molar-refractivity contribution in [2.45, 2.75) is 97.2 Å². The van der Waals surface area contributed by atoms with E-state index in [0.29, 0.717) is 11.8 Å². The van der Waals surface area contributed by atoms with E-state index in [-0.39, 0.29) is 43.8 Å². The SMILES string of the molecule is C.CC(C)(C)OC(=O)N1CC[C@@H]2[C@H](c3ccccc3)Nc3ccccc3[C@@H]21.CC(C)(C)OC(=O)N1CC[C@H]2[C@@H](c3ccccc3)Nc3ccccc3[C@H]21. The molecule has 2 amide bonds. The number of nitrogens with zero attached hydrogens (tertiary/aromatic N) is 2. The van der Waals surface area contributed by atoms with Crippen LogP contribution in [0.3, 0.4) is 0 Å². The van der Waals surface area contributed by atoms with Crippen LogP contribution >= 0.6 is 0 Å². The number of carbonyl (C=O) groups excluding carboxylic acids is 2. The number of amides is 2. The monoisotopic (exact) mass is 716 g/mol. The number of nitrogens with one attached hydrogen (secondary N) is 2. The van der Waals surface area contributed by atoms with Gasteiger partial charge in [0.25, 0.3) is 0 Å². The smallest absolute Gasteiger partial charge is 0.410 e. The van der Waals surface area contributed by atoms with Crippen LogP contribution in [0.5, 0.6) is 0 Å². The van der Waals surface area contributed by atoms with Crippen LogP contribution in [0.4, 0.5) is 21.0 Å². The molecule has 0 aromatic heterocycles. The maximum absolute atomic E-state index is 12.9. The first kappa shape index (κ1) is 37.8. The van der Waals surface area contributed by atoms with Gasteiger partial charge in [-0.1, -0.05) is 104 Å². The molecular formula is C45H56N4O4. The van der Waals surface area contributed by atoms with Crippen molar-refractivity contribution in [1.29, 1.82) is 0 Å². The molecule has 4 aromatic rings. The molecule has 0 spiro atoms. The second-order valence-corrected chi connectivity index (χ2v) is 16.4. The number of hydrogen-bond acceptors (Lipinski definition) is 6. The van der Waals surface area contributed by atoms with Crippen LogP contribution in [0, 0.1) is 11.8 Å². The van der Waals surface area contributed by atoms with Gasteiger partial charge < -0.3 is 29.9 Å². The lowest BCUT2D eigenvalue weighted by Gasteiger charge is -2.40. The Bertz CT molecular complexity index is 1730. The van der Waals surface area contributed by atoms with Crippen LogP contribution in [0.15, 0.2) is 109 Å². The summed E-state index contributed by atoms with van der Waals surface area (Å²) in [5.74, 6) is 0.666. The van der Waals surface area contributed by atoms with Crippen molar-refractivity contribution in [2.75, 3.05) is 23.7 Å². The van der Waals surface area contributed by atoms with Crippen LogP contribution in [0.2, 0.25) is 0 Å². The standard InChI is InChI=1S/2C22H26N2O2.CH4/c2*1-22(2,3)26-21(25)24-14-13-17-19(15-9-5-4-6-10-15)23-18-12-8-7-11-16(18)20(17)24;/h2*4-12,17,19-20,23H,13-14H2,1-3H3;1H4/t2*17-,19+,20+;/m10./s1. The van der Waals surface area contributed by atoms with E-state index in [2.05, 4.69) is 83.4 Å². The van der Waals surface area contributed by atoms with Gasteiger partial charge in [0, 0.05) is 36.3 Å². The molecule has 2 N–H and O–H groups in total. The van der Waals surface area contributed by atoms with Gasteiger partial charge in [0.05, 0.1) is 24.2 Å². The highest BCUT2D eigenvalue weighted by molar-refractivity contribution is 5.72. The number of hydrogen-bond donors (Lipinski definition) is 2. The number of para-hydroxylation sites is 2. The first-order valence-electron chi connectivity index (χ1n) is 18.7. The van der Waals surface area contributed by atoms with Crippen LogP contribution in [-0.4, -0.2) is 46.3 Å². The third kappa shape index (κ3) is 8.02. The summed E-state index contributed by atoms with van der Waals surface area (Å²) in [5.41, 5.74) is 6.16. The van der Waals surface area contributed by atoms with E-state index in [1.807, 2.05) is 87.7 Å². The van der Waals surface area contributed by atoms with Crippen molar-refractivity contribution in [3.8, 4) is 0 Å². The van der Waals surface area contributed by atoms with Gasteiger partial charge in [-0.15, -0.1) is 0 Å². The van der Waals surface area contributed by atoms with E-state index in [9.17, 15) is 9.59 Å². The quantitative estimate of drug-likeness (QED) is 0.215. The van der Waals surface area contributed by atoms with Crippen LogP contribution in [-0.2, 0) is 9.47 Å². The summed E-state index contributed by atoms with van der Waals surface area (Å²) in [6.45, 7) is 13.0. The minimum absolute atomic E-state index is 0. The summed E-state index contributed by atoms with van der Waals surface area (Å²) < 4.78 is 11.4. The van der Waals surface area contributed by atoms with Crippen LogP contribution < -0.4 is 10.6 Å². The van der Waals surface area contributed by atoms with Crippen LogP contribution in [0.1, 0.15) is 108 Å². The maximum Gasteiger partial charge on any atom is 0.410 e. The first-order valence-corrected chi connectivity index (χ1v) is 18.7. The number of ether oxygens (including phenoxy) is 2. The molecule has 0 saturated carbocycles. The van der Waals surface area contributed by atoms with Gasteiger partial charge in [-0.2, -0.15) is 0 Å². The predicted octanol–water partition coefficient (Wildman–Crippen LogP) is 10.9. The molecule has 8 heteroatoms. The zero-order chi connectivity index (χ0) is 36.6. The number of benzene rings is 4. The van der Waals surface area contributed by atoms with Crippen molar-refractivity contribution in [2.24, 2.45) is 11.8 Å². The molecule has 0 bridgehead atoms. The second kappa shape index (κ2) is 15.2. The molecule has 8 nitrogen and oxygen atoms in total. The van der Waals surface area contributed by atoms with Crippen molar-refractivity contribution >= 4 is 23.6 Å². The summed E-state index contributed by atoms with van der Waals surface area (Å²) in [4.78, 5) is 29.5. The largest absolute Gasteiger partial charge is 0.444 e. The Morgan fingerprint density at radius 3 is 1.25 bits per heavy atom. The van der Waals surface area contributed by atoms with Gasteiger partial charge in [0.15, 0.2) is 0 Å². The normalized spacial score (nSPS) is 24.0. The Morgan fingerprint density at radius 2 is 0.887 bits per heavy atom. The van der Waals surface area contributed by atoms with Gasteiger partial charge in [-0.05, 0) is 88.8 Å². The summed E-state index contributed by atoms with van der Waals surface area (Å²) in [6.07, 6.45) is 1.50. The van der Waals surface area contributed by atoms with E-state index in [4.69, 9.17) is 9.47 Å². The Kier molecular flexibility index (Phi) is 10.8. The number of likely N-dealkylation sites (tertiary alicyclic amines) is 2. The first-order chi connectivity index (χ1) is 24.9. The van der Waals surface area contributed by atoms with Crippen molar-refractivity contribution in [1.82, 2.24) is 9.80 Å². The Labute approximate surface area is 315 Å². The van der Waals surface area contributed by atoms with E-state index in [0.717, 1.165) is 37.3 Å². The molecular weight excluding hydrogens is 661 g/mol. The molecule has 4 aromatic carbocycles. The van der Waals surface area contributed by atoms with E-state index in [1.54, 1.807) is 0 Å². The molecule has 0 aliphatic carbocycles. The zero-order valence-corrected chi connectivity index (χ0v) is 31.2. The van der Waals surface area contributed by atoms with Crippen molar-refractivity contribution < 1.29 is 19.1 Å². The Balaban J connectivity index is 0.000000178. The van der Waals surface area contributed by atoms with Gasteiger partial charge >= 0.3 is 12.2 Å². The van der Waals surface area contributed by atoms with E-state index < -0.39 is 11.2 Å². The predicted molar refractivity (Wildman–Crippen MR) is 213 cm³/mol. The average Bonchev–Trinajstić information content (AvgIpc) is 3.77. The summed E-state index contributed by atoms with van der Waals surface area (Å²) in [6, 6.07) is 38.2. The third-order valence-electron chi connectivity index (χ3n) is 10.5. The molecule has 4 heterocycles. The maximum atomic E-state index is 12.9. The van der Waals surface area contributed by atoms with Crippen molar-refractivity contribution in [3.05, 3.63) is 131 Å².